The molecule has 0 fully saturated rings. The molecule has 0 bridgehead atoms. The largest absolute Gasteiger partial charge is 0.339 e. The number of rotatable bonds is 0. The highest BCUT2D eigenvalue weighted by Crippen LogP contribution is 2.28. The third kappa shape index (κ3) is 0.969. The molecular weight excluding hydrogens is 172 g/mol. The molecular formula is C12H14N2. The topological polar surface area (TPSA) is 30.9 Å². The fraction of sp³-hybridized carbons (Fsp3) is 0.333. The van der Waals surface area contributed by atoms with Gasteiger partial charge in [-0.3, -0.25) is 4.68 Å². The second-order valence-electron chi connectivity index (χ2n) is 4.07. The summed E-state index contributed by atoms with van der Waals surface area (Å²) in [5, 5.41) is 1.35. The molecule has 1 aromatic carbocycles. The molecule has 2 N–H and O–H groups in total. The molecule has 2 nitrogen and oxygen atoms in total. The first-order valence-corrected chi connectivity index (χ1v) is 5.23. The predicted molar refractivity (Wildman–Crippen MR) is 58.7 cm³/mol. The molecule has 0 unspecified atom stereocenters. The molecule has 0 saturated carbocycles. The molecule has 1 aromatic heterocycles. The molecule has 3 rings (SSSR count). The van der Waals surface area contributed by atoms with Crippen LogP contribution in [0, 0.1) is 0 Å². The molecule has 0 saturated heterocycles. The van der Waals surface area contributed by atoms with Gasteiger partial charge >= 0.3 is 0 Å². The van der Waals surface area contributed by atoms with E-state index in [0.29, 0.717) is 0 Å². The quantitative estimate of drug-likeness (QED) is 0.628. The Morgan fingerprint density at radius 3 is 2.86 bits per heavy atom. The van der Waals surface area contributed by atoms with Gasteiger partial charge in [0, 0.05) is 11.6 Å². The predicted octanol–water partition coefficient (Wildman–Crippen LogP) is 2.23. The molecule has 0 atom stereocenters. The first-order valence-electron chi connectivity index (χ1n) is 5.23. The lowest BCUT2D eigenvalue weighted by Crippen LogP contribution is -2.07. The molecule has 1 aliphatic rings. The highest BCUT2D eigenvalue weighted by atomic mass is 15.3. The van der Waals surface area contributed by atoms with Crippen LogP contribution in [0.25, 0.3) is 10.9 Å². The fourth-order valence-electron chi connectivity index (χ4n) is 2.49. The summed E-state index contributed by atoms with van der Waals surface area (Å²) in [6.07, 6.45) is 7.06. The number of hydrogen-bond donors (Lipinski definition) is 1. The number of nitrogens with two attached hydrogens (primary N) is 1. The smallest absolute Gasteiger partial charge is 0.0692 e. The van der Waals surface area contributed by atoms with Crippen LogP contribution in [0.15, 0.2) is 24.4 Å². The van der Waals surface area contributed by atoms with Crippen LogP contribution >= 0.6 is 0 Å². The van der Waals surface area contributed by atoms with E-state index >= 15 is 0 Å². The molecule has 0 spiro atoms. The normalized spacial score (nSPS) is 15.7. The van der Waals surface area contributed by atoms with E-state index in [1.807, 2.05) is 6.20 Å². The van der Waals surface area contributed by atoms with Gasteiger partial charge in [-0.2, -0.15) is 0 Å². The van der Waals surface area contributed by atoms with Crippen LogP contribution in [0.5, 0.6) is 0 Å². The lowest BCUT2D eigenvalue weighted by Gasteiger charge is -2.16. The molecule has 1 heterocycles. The van der Waals surface area contributed by atoms with Crippen LogP contribution in [-0.2, 0) is 12.8 Å². The Balaban J connectivity index is 2.35. The van der Waals surface area contributed by atoms with Crippen LogP contribution in [0.2, 0.25) is 0 Å². The molecule has 2 heteroatoms. The van der Waals surface area contributed by atoms with E-state index < -0.39 is 0 Å². The van der Waals surface area contributed by atoms with Gasteiger partial charge in [0.2, 0.25) is 0 Å². The number of nitrogens with zero attached hydrogens (tertiary/aromatic N) is 1. The molecule has 0 amide bonds. The zero-order valence-corrected chi connectivity index (χ0v) is 8.16. The van der Waals surface area contributed by atoms with E-state index in [0.717, 1.165) is 5.52 Å². The molecule has 72 valence electrons. The Kier molecular flexibility index (Phi) is 1.57. The zero-order valence-electron chi connectivity index (χ0n) is 8.16. The van der Waals surface area contributed by atoms with Crippen molar-refractivity contribution in [3.05, 3.63) is 35.5 Å². The summed E-state index contributed by atoms with van der Waals surface area (Å²) in [5.74, 6) is 5.83. The third-order valence-electron chi connectivity index (χ3n) is 3.23. The Morgan fingerprint density at radius 2 is 1.93 bits per heavy atom. The van der Waals surface area contributed by atoms with Gasteiger partial charge in [-0.15, -0.1) is 0 Å². The second kappa shape index (κ2) is 2.77. The minimum Gasteiger partial charge on any atom is -0.339 e. The molecule has 0 radical (unpaired) electrons. The summed E-state index contributed by atoms with van der Waals surface area (Å²) in [5.41, 5.74) is 4.21. The van der Waals surface area contributed by atoms with E-state index in [4.69, 9.17) is 5.84 Å². The summed E-state index contributed by atoms with van der Waals surface area (Å²) in [4.78, 5) is 0. The Hall–Kier alpha value is -1.44. The van der Waals surface area contributed by atoms with Gasteiger partial charge in [0.1, 0.15) is 0 Å². The number of fused-ring (bicyclic) bond motifs is 3. The van der Waals surface area contributed by atoms with Crippen molar-refractivity contribution in [3.8, 4) is 0 Å². The highest BCUT2D eigenvalue weighted by Gasteiger charge is 2.13. The summed E-state index contributed by atoms with van der Waals surface area (Å²) < 4.78 is 1.71. The van der Waals surface area contributed by atoms with E-state index in [1.165, 1.54) is 42.2 Å². The summed E-state index contributed by atoms with van der Waals surface area (Å²) >= 11 is 0. The van der Waals surface area contributed by atoms with Gasteiger partial charge < -0.3 is 5.84 Å². The highest BCUT2D eigenvalue weighted by molar-refractivity contribution is 5.85. The standard InChI is InChI=1S/C12H14N2/c13-14-8-7-11-10-4-2-1-3-9(10)5-6-12(11)14/h5-8H,1-4,13H2. The lowest BCUT2D eigenvalue weighted by molar-refractivity contribution is 0.690. The van der Waals surface area contributed by atoms with Crippen LogP contribution in [0.1, 0.15) is 24.0 Å². The lowest BCUT2D eigenvalue weighted by atomic mass is 9.89. The number of benzene rings is 1. The zero-order chi connectivity index (χ0) is 9.54. The van der Waals surface area contributed by atoms with Gasteiger partial charge in [-0.1, -0.05) is 6.07 Å². The van der Waals surface area contributed by atoms with Gasteiger partial charge in [0.25, 0.3) is 0 Å². The Morgan fingerprint density at radius 1 is 1.07 bits per heavy atom. The molecule has 1 aliphatic carbocycles. The monoisotopic (exact) mass is 186 g/mol. The van der Waals surface area contributed by atoms with Crippen LogP contribution < -0.4 is 5.84 Å². The van der Waals surface area contributed by atoms with Crippen LogP contribution in [-0.4, -0.2) is 4.68 Å². The maximum absolute atomic E-state index is 5.83. The number of aromatic nitrogens is 1. The second-order valence-corrected chi connectivity index (χ2v) is 4.07. The molecule has 14 heavy (non-hydrogen) atoms. The fourth-order valence-corrected chi connectivity index (χ4v) is 2.49. The minimum absolute atomic E-state index is 1.16. The minimum atomic E-state index is 1.16. The Labute approximate surface area is 83.3 Å². The van der Waals surface area contributed by atoms with Crippen molar-refractivity contribution in [3.63, 3.8) is 0 Å². The number of aryl methyl sites for hydroxylation is 2. The van der Waals surface area contributed by atoms with Crippen LogP contribution in [0.4, 0.5) is 0 Å². The SMILES string of the molecule is Nn1ccc2c3c(ccc21)CCCC3. The average Bonchev–Trinajstić information content (AvgIpc) is 2.61. The van der Waals surface area contributed by atoms with Crippen molar-refractivity contribution in [2.24, 2.45) is 0 Å². The number of nitrogen functional groups attached to an aromatic ring is 1. The van der Waals surface area contributed by atoms with E-state index in [9.17, 15) is 0 Å². The van der Waals surface area contributed by atoms with Crippen molar-refractivity contribution in [1.82, 2.24) is 4.68 Å². The first kappa shape index (κ1) is 7.92. The first-order chi connectivity index (χ1) is 6.86. The summed E-state index contributed by atoms with van der Waals surface area (Å²) in [7, 11) is 0. The van der Waals surface area contributed by atoms with Crippen molar-refractivity contribution in [1.29, 1.82) is 0 Å². The van der Waals surface area contributed by atoms with Gasteiger partial charge in [0.15, 0.2) is 0 Å². The van der Waals surface area contributed by atoms with Crippen LogP contribution in [0.3, 0.4) is 0 Å². The summed E-state index contributed by atoms with van der Waals surface area (Å²) in [6.45, 7) is 0. The Bertz CT molecular complexity index is 482. The maximum Gasteiger partial charge on any atom is 0.0692 e. The van der Waals surface area contributed by atoms with Crippen molar-refractivity contribution in [2.45, 2.75) is 25.7 Å². The van der Waals surface area contributed by atoms with Crippen molar-refractivity contribution in [2.75, 3.05) is 5.84 Å². The van der Waals surface area contributed by atoms with E-state index in [1.54, 1.807) is 4.68 Å². The third-order valence-corrected chi connectivity index (χ3v) is 3.23. The summed E-state index contributed by atoms with van der Waals surface area (Å²) in [6, 6.07) is 6.51. The van der Waals surface area contributed by atoms with Crippen molar-refractivity contribution >= 4 is 10.9 Å². The average molecular weight is 186 g/mol. The molecule has 0 aliphatic heterocycles. The van der Waals surface area contributed by atoms with Gasteiger partial charge in [-0.25, -0.2) is 0 Å². The van der Waals surface area contributed by atoms with Gasteiger partial charge in [0.05, 0.1) is 5.52 Å². The van der Waals surface area contributed by atoms with Gasteiger partial charge in [-0.05, 0) is 48.9 Å². The van der Waals surface area contributed by atoms with E-state index in [-0.39, 0.29) is 0 Å². The molecule has 2 aromatic rings. The van der Waals surface area contributed by atoms with Crippen molar-refractivity contribution < 1.29 is 0 Å². The number of hydrogen-bond acceptors (Lipinski definition) is 1. The maximum atomic E-state index is 5.83. The van der Waals surface area contributed by atoms with E-state index in [2.05, 4.69) is 18.2 Å².